The van der Waals surface area contributed by atoms with Crippen molar-refractivity contribution < 1.29 is 0 Å². The van der Waals surface area contributed by atoms with Crippen molar-refractivity contribution in [2.24, 2.45) is 0 Å². The quantitative estimate of drug-likeness (QED) is 0.765. The number of likely N-dealkylation sites (tertiary alicyclic amines) is 1. The fourth-order valence-electron chi connectivity index (χ4n) is 1.68. The topological polar surface area (TPSA) is 28.2 Å². The Morgan fingerprint density at radius 3 is 2.86 bits per heavy atom. The third-order valence-corrected chi connectivity index (χ3v) is 2.61. The number of likely N-dealkylation sites (N-methyl/N-ethyl adjacent to an activating group) is 1. The van der Waals surface area contributed by atoms with E-state index in [-0.39, 0.29) is 0 Å². The number of nitrogens with zero attached hydrogens (tertiary/aromatic N) is 2. The molecule has 0 spiro atoms. The van der Waals surface area contributed by atoms with Gasteiger partial charge in [0, 0.05) is 31.9 Å². The zero-order valence-corrected chi connectivity index (χ0v) is 8.83. The van der Waals surface area contributed by atoms with Crippen LogP contribution < -0.4 is 5.32 Å². The first-order valence-corrected chi connectivity index (χ1v) is 5.07. The number of rotatable bonds is 3. The summed E-state index contributed by atoms with van der Waals surface area (Å²) in [5.41, 5.74) is 2.35. The summed E-state index contributed by atoms with van der Waals surface area (Å²) in [5, 5.41) is 3.48. The van der Waals surface area contributed by atoms with Crippen LogP contribution in [-0.4, -0.2) is 36.1 Å². The lowest BCUT2D eigenvalue weighted by atomic mass is 10.1. The number of hydrogen-bond donors (Lipinski definition) is 1. The molecular weight excluding hydrogens is 174 g/mol. The second-order valence-electron chi connectivity index (χ2n) is 4.13. The minimum Gasteiger partial charge on any atom is -0.306 e. The average molecular weight is 191 g/mol. The van der Waals surface area contributed by atoms with E-state index in [9.17, 15) is 0 Å². The largest absolute Gasteiger partial charge is 0.306 e. The van der Waals surface area contributed by atoms with Crippen molar-refractivity contribution in [3.05, 3.63) is 29.6 Å². The van der Waals surface area contributed by atoms with Gasteiger partial charge in [0.25, 0.3) is 0 Å². The summed E-state index contributed by atoms with van der Waals surface area (Å²) in [5.74, 6) is 0. The molecule has 14 heavy (non-hydrogen) atoms. The summed E-state index contributed by atoms with van der Waals surface area (Å²) < 4.78 is 0. The monoisotopic (exact) mass is 191 g/mol. The van der Waals surface area contributed by atoms with Crippen LogP contribution in [0.2, 0.25) is 0 Å². The Morgan fingerprint density at radius 2 is 2.29 bits per heavy atom. The Balaban J connectivity index is 1.78. The maximum atomic E-state index is 4.35. The minimum atomic E-state index is 0.656. The van der Waals surface area contributed by atoms with Crippen LogP contribution in [0.4, 0.5) is 0 Å². The summed E-state index contributed by atoms with van der Waals surface area (Å²) in [6.45, 7) is 5.27. The molecule has 3 nitrogen and oxygen atoms in total. The van der Waals surface area contributed by atoms with Crippen molar-refractivity contribution in [1.29, 1.82) is 0 Å². The van der Waals surface area contributed by atoms with Gasteiger partial charge in [-0.05, 0) is 25.6 Å². The van der Waals surface area contributed by atoms with Crippen molar-refractivity contribution in [3.8, 4) is 0 Å². The van der Waals surface area contributed by atoms with Crippen LogP contribution in [0.1, 0.15) is 11.3 Å². The Morgan fingerprint density at radius 1 is 1.50 bits per heavy atom. The molecule has 0 amide bonds. The number of pyridine rings is 1. The van der Waals surface area contributed by atoms with Gasteiger partial charge in [-0.25, -0.2) is 0 Å². The molecule has 2 heterocycles. The Hall–Kier alpha value is -0.930. The molecular formula is C11H17N3. The summed E-state index contributed by atoms with van der Waals surface area (Å²) >= 11 is 0. The van der Waals surface area contributed by atoms with Gasteiger partial charge in [-0.1, -0.05) is 6.07 Å². The molecule has 1 aromatic rings. The lowest BCUT2D eigenvalue weighted by Crippen LogP contribution is -2.55. The molecule has 0 bridgehead atoms. The van der Waals surface area contributed by atoms with Gasteiger partial charge in [-0.2, -0.15) is 0 Å². The van der Waals surface area contributed by atoms with Crippen molar-refractivity contribution in [1.82, 2.24) is 15.2 Å². The highest BCUT2D eigenvalue weighted by atomic mass is 15.2. The van der Waals surface area contributed by atoms with Crippen molar-refractivity contribution in [2.75, 3.05) is 20.1 Å². The number of hydrogen-bond acceptors (Lipinski definition) is 3. The molecule has 0 atom stereocenters. The van der Waals surface area contributed by atoms with Gasteiger partial charge in [-0.3, -0.25) is 4.98 Å². The standard InChI is InChI=1S/C11H17N3/c1-9-3-4-10(12-5-9)6-13-11-7-14(2)8-11/h3-5,11,13H,6-8H2,1-2H3. The summed E-state index contributed by atoms with van der Waals surface area (Å²) in [6.07, 6.45) is 1.92. The second kappa shape index (κ2) is 4.07. The smallest absolute Gasteiger partial charge is 0.0541 e. The van der Waals surface area contributed by atoms with Crippen molar-refractivity contribution >= 4 is 0 Å². The molecule has 1 N–H and O–H groups in total. The van der Waals surface area contributed by atoms with E-state index in [4.69, 9.17) is 0 Å². The molecule has 1 fully saturated rings. The average Bonchev–Trinajstić information content (AvgIpc) is 2.13. The summed E-state index contributed by atoms with van der Waals surface area (Å²) in [6, 6.07) is 4.85. The van der Waals surface area contributed by atoms with E-state index in [1.165, 1.54) is 5.56 Å². The van der Waals surface area contributed by atoms with Crippen LogP contribution in [0, 0.1) is 6.92 Å². The maximum absolute atomic E-state index is 4.35. The van der Waals surface area contributed by atoms with E-state index >= 15 is 0 Å². The Kier molecular flexibility index (Phi) is 2.79. The third kappa shape index (κ3) is 2.30. The third-order valence-electron chi connectivity index (χ3n) is 2.61. The first-order valence-electron chi connectivity index (χ1n) is 5.07. The van der Waals surface area contributed by atoms with E-state index in [0.717, 1.165) is 25.3 Å². The lowest BCUT2D eigenvalue weighted by Gasteiger charge is -2.36. The van der Waals surface area contributed by atoms with Gasteiger partial charge in [0.2, 0.25) is 0 Å². The zero-order chi connectivity index (χ0) is 9.97. The fraction of sp³-hybridized carbons (Fsp3) is 0.545. The van der Waals surface area contributed by atoms with Crippen LogP contribution in [0.5, 0.6) is 0 Å². The molecule has 1 aromatic heterocycles. The van der Waals surface area contributed by atoms with E-state index in [2.05, 4.69) is 41.3 Å². The van der Waals surface area contributed by atoms with Gasteiger partial charge in [0.15, 0.2) is 0 Å². The minimum absolute atomic E-state index is 0.656. The normalized spacial score (nSPS) is 18.1. The second-order valence-corrected chi connectivity index (χ2v) is 4.13. The highest BCUT2D eigenvalue weighted by Crippen LogP contribution is 2.05. The lowest BCUT2D eigenvalue weighted by molar-refractivity contribution is 0.160. The molecule has 3 heteroatoms. The molecule has 0 aromatic carbocycles. The molecule has 1 saturated heterocycles. The molecule has 0 saturated carbocycles. The van der Waals surface area contributed by atoms with E-state index in [1.807, 2.05) is 6.20 Å². The van der Waals surface area contributed by atoms with Crippen LogP contribution in [0.25, 0.3) is 0 Å². The predicted octanol–water partition coefficient (Wildman–Crippen LogP) is 0.794. The van der Waals surface area contributed by atoms with Crippen LogP contribution in [0.3, 0.4) is 0 Å². The number of aromatic nitrogens is 1. The molecule has 0 aliphatic carbocycles. The molecule has 2 rings (SSSR count). The van der Waals surface area contributed by atoms with Crippen LogP contribution >= 0.6 is 0 Å². The number of nitrogens with one attached hydrogen (secondary N) is 1. The first-order chi connectivity index (χ1) is 6.74. The molecule has 1 aliphatic heterocycles. The predicted molar refractivity (Wildman–Crippen MR) is 57.1 cm³/mol. The summed E-state index contributed by atoms with van der Waals surface area (Å²) in [4.78, 5) is 6.66. The fourth-order valence-corrected chi connectivity index (χ4v) is 1.68. The molecule has 1 aliphatic rings. The highest BCUT2D eigenvalue weighted by Gasteiger charge is 2.21. The van der Waals surface area contributed by atoms with Gasteiger partial charge in [-0.15, -0.1) is 0 Å². The van der Waals surface area contributed by atoms with Gasteiger partial charge < -0.3 is 10.2 Å². The van der Waals surface area contributed by atoms with E-state index < -0.39 is 0 Å². The Labute approximate surface area is 85.1 Å². The molecule has 0 radical (unpaired) electrons. The van der Waals surface area contributed by atoms with E-state index in [0.29, 0.717) is 6.04 Å². The van der Waals surface area contributed by atoms with E-state index in [1.54, 1.807) is 0 Å². The molecule has 0 unspecified atom stereocenters. The Bertz CT molecular complexity index is 288. The van der Waals surface area contributed by atoms with Crippen molar-refractivity contribution in [2.45, 2.75) is 19.5 Å². The van der Waals surface area contributed by atoms with Gasteiger partial charge in [0.1, 0.15) is 0 Å². The first kappa shape index (κ1) is 9.62. The SMILES string of the molecule is Cc1ccc(CNC2CN(C)C2)nc1. The van der Waals surface area contributed by atoms with Crippen LogP contribution in [0.15, 0.2) is 18.3 Å². The number of aryl methyl sites for hydroxylation is 1. The zero-order valence-electron chi connectivity index (χ0n) is 8.83. The van der Waals surface area contributed by atoms with Crippen molar-refractivity contribution in [3.63, 3.8) is 0 Å². The summed E-state index contributed by atoms with van der Waals surface area (Å²) in [7, 11) is 2.14. The van der Waals surface area contributed by atoms with Gasteiger partial charge >= 0.3 is 0 Å². The van der Waals surface area contributed by atoms with Crippen LogP contribution in [-0.2, 0) is 6.54 Å². The molecule has 76 valence electrons. The van der Waals surface area contributed by atoms with Gasteiger partial charge in [0.05, 0.1) is 5.69 Å². The highest BCUT2D eigenvalue weighted by molar-refractivity contribution is 5.12. The maximum Gasteiger partial charge on any atom is 0.0541 e.